The molecule has 1 atom stereocenters. The second-order valence-corrected chi connectivity index (χ2v) is 7.00. The maximum Gasteiger partial charge on any atom is 0.191 e. The van der Waals surface area contributed by atoms with Gasteiger partial charge in [0.1, 0.15) is 0 Å². The fourth-order valence-electron chi connectivity index (χ4n) is 2.58. The molecule has 2 aromatic rings. The predicted molar refractivity (Wildman–Crippen MR) is 113 cm³/mol. The number of nitrogens with one attached hydrogen (secondary N) is 2. The number of aryl methyl sites for hydroxylation is 2. The largest absolute Gasteiger partial charge is 0.356 e. The van der Waals surface area contributed by atoms with Crippen LogP contribution in [0, 0.1) is 19.8 Å². The lowest BCUT2D eigenvalue weighted by molar-refractivity contribution is 0.562. The topological polar surface area (TPSA) is 54.2 Å². The van der Waals surface area contributed by atoms with Crippen molar-refractivity contribution in [1.82, 2.24) is 20.4 Å². The monoisotopic (exact) mass is 461 g/mol. The van der Waals surface area contributed by atoms with Crippen LogP contribution >= 0.6 is 35.3 Å². The molecule has 0 fully saturated rings. The third-order valence-corrected chi connectivity index (χ3v) is 4.96. The van der Waals surface area contributed by atoms with Crippen molar-refractivity contribution < 1.29 is 0 Å². The molecule has 0 aliphatic carbocycles. The highest BCUT2D eigenvalue weighted by Gasteiger charge is 2.10. The number of rotatable bonds is 6. The van der Waals surface area contributed by atoms with Gasteiger partial charge in [-0.2, -0.15) is 5.10 Å². The van der Waals surface area contributed by atoms with Crippen molar-refractivity contribution in [3.8, 4) is 0 Å². The summed E-state index contributed by atoms with van der Waals surface area (Å²) in [6, 6.07) is 4.31. The van der Waals surface area contributed by atoms with Gasteiger partial charge in [0, 0.05) is 43.3 Å². The van der Waals surface area contributed by atoms with Gasteiger partial charge in [-0.05, 0) is 37.6 Å². The quantitative estimate of drug-likeness (QED) is 0.395. The van der Waals surface area contributed by atoms with Crippen molar-refractivity contribution in [2.45, 2.75) is 33.7 Å². The summed E-state index contributed by atoms with van der Waals surface area (Å²) in [6.07, 6.45) is 1.10. The molecule has 0 amide bonds. The van der Waals surface area contributed by atoms with Gasteiger partial charge in [0.15, 0.2) is 5.96 Å². The molecular formula is C17H28IN5S. The Balaban J connectivity index is 0.00000288. The van der Waals surface area contributed by atoms with Crippen LogP contribution in [0.3, 0.4) is 0 Å². The third kappa shape index (κ3) is 5.77. The molecule has 2 heterocycles. The zero-order valence-corrected chi connectivity index (χ0v) is 18.2. The zero-order valence-electron chi connectivity index (χ0n) is 15.1. The summed E-state index contributed by atoms with van der Waals surface area (Å²) in [4.78, 5) is 5.74. The van der Waals surface area contributed by atoms with E-state index < -0.39 is 0 Å². The molecule has 0 spiro atoms. The molecule has 1 unspecified atom stereocenters. The van der Waals surface area contributed by atoms with E-state index in [0.717, 1.165) is 31.2 Å². The first-order valence-electron chi connectivity index (χ1n) is 7.97. The molecule has 2 rings (SSSR count). The molecule has 5 nitrogen and oxygen atoms in total. The second-order valence-electron chi connectivity index (χ2n) is 5.97. The maximum absolute atomic E-state index is 4.45. The molecule has 2 N–H and O–H groups in total. The second kappa shape index (κ2) is 10.0. The van der Waals surface area contributed by atoms with E-state index in [4.69, 9.17) is 0 Å². The SMILES string of the molecule is CN=C(NCc1c(C)nn(C)c1C)NCC(C)Cc1cccs1.I. The Hall–Kier alpha value is -1.09. The number of hydrogen-bond donors (Lipinski definition) is 2. The number of halogens is 1. The summed E-state index contributed by atoms with van der Waals surface area (Å²) in [5, 5.41) is 13.4. The van der Waals surface area contributed by atoms with E-state index >= 15 is 0 Å². The zero-order chi connectivity index (χ0) is 16.8. The lowest BCUT2D eigenvalue weighted by Gasteiger charge is -2.15. The van der Waals surface area contributed by atoms with E-state index in [9.17, 15) is 0 Å². The van der Waals surface area contributed by atoms with E-state index in [0.29, 0.717) is 5.92 Å². The molecule has 7 heteroatoms. The highest BCUT2D eigenvalue weighted by molar-refractivity contribution is 14.0. The van der Waals surface area contributed by atoms with Gasteiger partial charge >= 0.3 is 0 Å². The Morgan fingerprint density at radius 1 is 1.38 bits per heavy atom. The normalized spacial score (nSPS) is 12.6. The fraction of sp³-hybridized carbons (Fsp3) is 0.529. The molecule has 2 aromatic heterocycles. The number of guanidine groups is 1. The Kier molecular flexibility index (Phi) is 8.75. The minimum absolute atomic E-state index is 0. The standard InChI is InChI=1S/C17H27N5S.HI/c1-12(9-15-7-6-8-23-15)10-19-17(18-4)20-11-16-13(2)21-22(5)14(16)3;/h6-8,12H,9-11H2,1-5H3,(H2,18,19,20);1H. The first-order chi connectivity index (χ1) is 11.0. The van der Waals surface area contributed by atoms with E-state index in [1.807, 2.05) is 37.0 Å². The van der Waals surface area contributed by atoms with Gasteiger partial charge in [0.25, 0.3) is 0 Å². The van der Waals surface area contributed by atoms with Gasteiger partial charge in [-0.25, -0.2) is 0 Å². The Morgan fingerprint density at radius 2 is 2.12 bits per heavy atom. The van der Waals surface area contributed by atoms with Gasteiger partial charge in [-0.1, -0.05) is 13.0 Å². The van der Waals surface area contributed by atoms with Crippen LogP contribution in [0.25, 0.3) is 0 Å². The average molecular weight is 461 g/mol. The van der Waals surface area contributed by atoms with E-state index in [1.165, 1.54) is 16.1 Å². The van der Waals surface area contributed by atoms with Crippen molar-refractivity contribution in [3.05, 3.63) is 39.3 Å². The molecule has 0 radical (unpaired) electrons. The van der Waals surface area contributed by atoms with Crippen molar-refractivity contribution in [2.24, 2.45) is 18.0 Å². The van der Waals surface area contributed by atoms with Crippen LogP contribution in [0.4, 0.5) is 0 Å². The van der Waals surface area contributed by atoms with Gasteiger partial charge in [0.05, 0.1) is 5.69 Å². The number of hydrogen-bond acceptors (Lipinski definition) is 3. The fourth-order valence-corrected chi connectivity index (χ4v) is 3.45. The Morgan fingerprint density at radius 3 is 2.67 bits per heavy atom. The van der Waals surface area contributed by atoms with E-state index in [1.54, 1.807) is 0 Å². The average Bonchev–Trinajstić information content (AvgIpc) is 3.10. The predicted octanol–water partition coefficient (Wildman–Crippen LogP) is 3.26. The molecule has 0 aliphatic rings. The summed E-state index contributed by atoms with van der Waals surface area (Å²) in [7, 11) is 3.79. The summed E-state index contributed by atoms with van der Waals surface area (Å²) in [5.41, 5.74) is 3.50. The van der Waals surface area contributed by atoms with Gasteiger partial charge in [0.2, 0.25) is 0 Å². The molecule has 134 valence electrons. The third-order valence-electron chi connectivity index (χ3n) is 4.06. The van der Waals surface area contributed by atoms with E-state index in [-0.39, 0.29) is 24.0 Å². The molecular weight excluding hydrogens is 433 g/mol. The first kappa shape index (κ1) is 21.0. The summed E-state index contributed by atoms with van der Waals surface area (Å²) in [5.74, 6) is 1.40. The van der Waals surface area contributed by atoms with Crippen LogP contribution < -0.4 is 10.6 Å². The minimum atomic E-state index is 0. The number of thiophene rings is 1. The van der Waals surface area contributed by atoms with Gasteiger partial charge in [-0.15, -0.1) is 35.3 Å². The first-order valence-corrected chi connectivity index (χ1v) is 8.85. The summed E-state index contributed by atoms with van der Waals surface area (Å²) in [6.45, 7) is 8.04. The lowest BCUT2D eigenvalue weighted by atomic mass is 10.1. The highest BCUT2D eigenvalue weighted by atomic mass is 127. The molecule has 0 aromatic carbocycles. The molecule has 24 heavy (non-hydrogen) atoms. The highest BCUT2D eigenvalue weighted by Crippen LogP contribution is 2.14. The molecule has 0 saturated heterocycles. The van der Waals surface area contributed by atoms with Crippen LogP contribution in [-0.2, 0) is 20.0 Å². The van der Waals surface area contributed by atoms with Crippen LogP contribution in [0.15, 0.2) is 22.5 Å². The lowest BCUT2D eigenvalue weighted by Crippen LogP contribution is -2.39. The number of nitrogens with zero attached hydrogens (tertiary/aromatic N) is 3. The molecule has 0 aliphatic heterocycles. The Bertz CT molecular complexity index is 648. The summed E-state index contributed by atoms with van der Waals surface area (Å²) >= 11 is 1.82. The van der Waals surface area contributed by atoms with Gasteiger partial charge in [-0.3, -0.25) is 9.67 Å². The summed E-state index contributed by atoms with van der Waals surface area (Å²) < 4.78 is 1.92. The van der Waals surface area contributed by atoms with Crippen LogP contribution in [0.5, 0.6) is 0 Å². The van der Waals surface area contributed by atoms with Crippen molar-refractivity contribution >= 4 is 41.3 Å². The molecule has 0 bridgehead atoms. The molecule has 0 saturated carbocycles. The van der Waals surface area contributed by atoms with E-state index in [2.05, 4.69) is 52.1 Å². The van der Waals surface area contributed by atoms with Crippen molar-refractivity contribution in [2.75, 3.05) is 13.6 Å². The van der Waals surface area contributed by atoms with Crippen LogP contribution in [-0.4, -0.2) is 29.3 Å². The number of aliphatic imine (C=N–C) groups is 1. The maximum atomic E-state index is 4.45. The van der Waals surface area contributed by atoms with Crippen molar-refractivity contribution in [1.29, 1.82) is 0 Å². The Labute approximate surface area is 166 Å². The smallest absolute Gasteiger partial charge is 0.191 e. The minimum Gasteiger partial charge on any atom is -0.356 e. The van der Waals surface area contributed by atoms with Crippen molar-refractivity contribution in [3.63, 3.8) is 0 Å². The number of aromatic nitrogens is 2. The van der Waals surface area contributed by atoms with Crippen LogP contribution in [0.1, 0.15) is 28.8 Å². The van der Waals surface area contributed by atoms with Crippen LogP contribution in [0.2, 0.25) is 0 Å². The van der Waals surface area contributed by atoms with Gasteiger partial charge < -0.3 is 10.6 Å².